The van der Waals surface area contributed by atoms with Gasteiger partial charge in [-0.05, 0) is 52.0 Å². The van der Waals surface area contributed by atoms with Gasteiger partial charge in [0.05, 0.1) is 22.1 Å². The third kappa shape index (κ3) is 5.45. The molecule has 2 aromatic carbocycles. The first-order valence-corrected chi connectivity index (χ1v) is 12.1. The molecule has 1 unspecified atom stereocenters. The Bertz CT molecular complexity index is 1140. The highest BCUT2D eigenvalue weighted by molar-refractivity contribution is 7.93. The fourth-order valence-corrected chi connectivity index (χ4v) is 5.04. The standard InChI is InChI=1S/C20H24N2O6S2/c1-5-28-20(23)19(29(24,25)17-10-6-14(2)7-11-17)16(4)21-22-30(26,27)18-12-8-15(3)9-13-18/h6-13,19,22H,5H2,1-4H3/b21-16+. The number of hydrogen-bond donors (Lipinski definition) is 1. The van der Waals surface area contributed by atoms with Gasteiger partial charge < -0.3 is 4.74 Å². The molecule has 2 aromatic rings. The minimum Gasteiger partial charge on any atom is -0.465 e. The third-order valence-electron chi connectivity index (χ3n) is 4.21. The van der Waals surface area contributed by atoms with Crippen molar-refractivity contribution in [2.45, 2.75) is 42.7 Å². The number of rotatable bonds is 8. The lowest BCUT2D eigenvalue weighted by Gasteiger charge is -2.17. The molecule has 0 aliphatic carbocycles. The number of hydrazone groups is 1. The second-order valence-electron chi connectivity index (χ2n) is 6.65. The summed E-state index contributed by atoms with van der Waals surface area (Å²) in [6.07, 6.45) is 0. The van der Waals surface area contributed by atoms with E-state index in [0.717, 1.165) is 11.1 Å². The molecule has 0 heterocycles. The molecule has 0 aliphatic rings. The first kappa shape index (κ1) is 23.6. The number of sulfone groups is 1. The zero-order valence-electron chi connectivity index (χ0n) is 17.1. The summed E-state index contributed by atoms with van der Waals surface area (Å²) < 4.78 is 55.9. The maximum atomic E-state index is 13.1. The van der Waals surface area contributed by atoms with E-state index < -0.39 is 31.1 Å². The van der Waals surface area contributed by atoms with Gasteiger partial charge in [0, 0.05) is 0 Å². The highest BCUT2D eigenvalue weighted by Gasteiger charge is 2.38. The molecule has 0 aliphatic heterocycles. The molecule has 1 atom stereocenters. The number of esters is 1. The summed E-state index contributed by atoms with van der Waals surface area (Å²) in [5.74, 6) is -1.03. The zero-order chi connectivity index (χ0) is 22.5. The smallest absolute Gasteiger partial charge is 0.330 e. The number of ether oxygens (including phenoxy) is 1. The topological polar surface area (TPSA) is 119 Å². The van der Waals surface area contributed by atoms with Crippen LogP contribution in [0.2, 0.25) is 0 Å². The van der Waals surface area contributed by atoms with E-state index in [2.05, 4.69) is 5.10 Å². The molecule has 0 fully saturated rings. The van der Waals surface area contributed by atoms with Crippen molar-refractivity contribution in [2.75, 3.05) is 6.61 Å². The highest BCUT2D eigenvalue weighted by Crippen LogP contribution is 2.20. The first-order valence-electron chi connectivity index (χ1n) is 9.09. The fraction of sp³-hybridized carbons (Fsp3) is 0.300. The molecule has 0 radical (unpaired) electrons. The van der Waals surface area contributed by atoms with Gasteiger partial charge in [-0.2, -0.15) is 13.5 Å². The summed E-state index contributed by atoms with van der Waals surface area (Å²) in [5, 5.41) is 1.92. The van der Waals surface area contributed by atoms with Crippen LogP contribution in [0.5, 0.6) is 0 Å². The van der Waals surface area contributed by atoms with Gasteiger partial charge >= 0.3 is 5.97 Å². The molecule has 162 valence electrons. The molecule has 0 bridgehead atoms. The van der Waals surface area contributed by atoms with Crippen molar-refractivity contribution in [2.24, 2.45) is 5.10 Å². The lowest BCUT2D eigenvalue weighted by Crippen LogP contribution is -2.39. The number of sulfonamides is 1. The highest BCUT2D eigenvalue weighted by atomic mass is 32.2. The molecule has 0 saturated carbocycles. The third-order valence-corrected chi connectivity index (χ3v) is 7.52. The largest absolute Gasteiger partial charge is 0.465 e. The van der Waals surface area contributed by atoms with E-state index in [9.17, 15) is 21.6 Å². The van der Waals surface area contributed by atoms with Crippen LogP contribution >= 0.6 is 0 Å². The van der Waals surface area contributed by atoms with E-state index in [-0.39, 0.29) is 22.1 Å². The summed E-state index contributed by atoms with van der Waals surface area (Å²) in [5.41, 5.74) is 1.46. The molecule has 0 spiro atoms. The van der Waals surface area contributed by atoms with E-state index in [0.29, 0.717) is 0 Å². The van der Waals surface area contributed by atoms with E-state index >= 15 is 0 Å². The Morgan fingerprint density at radius 1 is 0.933 bits per heavy atom. The van der Waals surface area contributed by atoms with Crippen molar-refractivity contribution in [3.8, 4) is 0 Å². The number of carbonyl (C=O) groups is 1. The first-order chi connectivity index (χ1) is 14.0. The number of nitrogens with one attached hydrogen (secondary N) is 1. The van der Waals surface area contributed by atoms with Crippen LogP contribution in [0.25, 0.3) is 0 Å². The molecular formula is C20H24N2O6S2. The average Bonchev–Trinajstić information content (AvgIpc) is 2.67. The summed E-state index contributed by atoms with van der Waals surface area (Å²) in [6, 6.07) is 12.0. The second-order valence-corrected chi connectivity index (χ2v) is 10.3. The van der Waals surface area contributed by atoms with Crippen LogP contribution in [-0.2, 0) is 29.4 Å². The van der Waals surface area contributed by atoms with Crippen LogP contribution in [0.3, 0.4) is 0 Å². The minimum absolute atomic E-state index is 0.0406. The lowest BCUT2D eigenvalue weighted by atomic mass is 10.2. The number of hydrogen-bond acceptors (Lipinski definition) is 7. The van der Waals surface area contributed by atoms with Crippen LogP contribution < -0.4 is 4.83 Å². The summed E-state index contributed by atoms with van der Waals surface area (Å²) in [4.78, 5) is 14.3. The van der Waals surface area contributed by atoms with Crippen molar-refractivity contribution < 1.29 is 26.4 Å². The number of aryl methyl sites for hydroxylation is 2. The number of carbonyl (C=O) groups excluding carboxylic acids is 1. The molecule has 2 rings (SSSR count). The van der Waals surface area contributed by atoms with Crippen molar-refractivity contribution in [1.29, 1.82) is 0 Å². The zero-order valence-corrected chi connectivity index (χ0v) is 18.7. The molecule has 0 amide bonds. The van der Waals surface area contributed by atoms with Crippen molar-refractivity contribution in [3.05, 3.63) is 59.7 Å². The van der Waals surface area contributed by atoms with E-state index in [1.165, 1.54) is 31.2 Å². The van der Waals surface area contributed by atoms with Gasteiger partial charge in [-0.3, -0.25) is 4.79 Å². The van der Waals surface area contributed by atoms with Crippen molar-refractivity contribution in [3.63, 3.8) is 0 Å². The Morgan fingerprint density at radius 3 is 1.87 bits per heavy atom. The van der Waals surface area contributed by atoms with Crippen molar-refractivity contribution in [1.82, 2.24) is 4.83 Å². The Morgan fingerprint density at radius 2 is 1.40 bits per heavy atom. The van der Waals surface area contributed by atoms with Crippen LogP contribution in [-0.4, -0.2) is 40.4 Å². The number of nitrogens with zero attached hydrogens (tertiary/aromatic N) is 1. The average molecular weight is 453 g/mol. The van der Waals surface area contributed by atoms with Gasteiger partial charge in [0.25, 0.3) is 10.0 Å². The summed E-state index contributed by atoms with van der Waals surface area (Å²) >= 11 is 0. The van der Waals surface area contributed by atoms with Gasteiger partial charge in [0.15, 0.2) is 9.84 Å². The molecule has 8 nitrogen and oxygen atoms in total. The van der Waals surface area contributed by atoms with Crippen LogP contribution in [0, 0.1) is 13.8 Å². The SMILES string of the molecule is CCOC(=O)C(/C(C)=N/NS(=O)(=O)c1ccc(C)cc1)S(=O)(=O)c1ccc(C)cc1. The Hall–Kier alpha value is -2.72. The van der Waals surface area contributed by atoms with Gasteiger partial charge in [-0.15, -0.1) is 0 Å². The van der Waals surface area contributed by atoms with Gasteiger partial charge in [0.1, 0.15) is 0 Å². The van der Waals surface area contributed by atoms with Gasteiger partial charge in [-0.25, -0.2) is 13.2 Å². The summed E-state index contributed by atoms with van der Waals surface area (Å²) in [6.45, 7) is 6.37. The van der Waals surface area contributed by atoms with Gasteiger partial charge in [0.2, 0.25) is 5.25 Å². The molecular weight excluding hydrogens is 428 g/mol. The molecule has 30 heavy (non-hydrogen) atoms. The maximum absolute atomic E-state index is 13.1. The minimum atomic E-state index is -4.22. The Kier molecular flexibility index (Phi) is 7.38. The summed E-state index contributed by atoms with van der Waals surface area (Å²) in [7, 11) is -8.26. The van der Waals surface area contributed by atoms with E-state index in [1.54, 1.807) is 38.1 Å². The normalized spacial score (nSPS) is 13.5. The van der Waals surface area contributed by atoms with Crippen LogP contribution in [0.1, 0.15) is 25.0 Å². The van der Waals surface area contributed by atoms with Crippen molar-refractivity contribution >= 4 is 31.5 Å². The Balaban J connectivity index is 2.42. The molecule has 1 N–H and O–H groups in total. The van der Waals surface area contributed by atoms with Crippen LogP contribution in [0.4, 0.5) is 0 Å². The maximum Gasteiger partial charge on any atom is 0.330 e. The fourth-order valence-electron chi connectivity index (χ4n) is 2.56. The predicted octanol–water partition coefficient (Wildman–Crippen LogP) is 2.36. The molecule has 0 aromatic heterocycles. The quantitative estimate of drug-likeness (QED) is 0.373. The second kappa shape index (κ2) is 9.40. The van der Waals surface area contributed by atoms with Gasteiger partial charge in [-0.1, -0.05) is 35.4 Å². The van der Waals surface area contributed by atoms with E-state index in [1.807, 2.05) is 11.8 Å². The van der Waals surface area contributed by atoms with E-state index in [4.69, 9.17) is 4.74 Å². The monoisotopic (exact) mass is 452 g/mol. The predicted molar refractivity (Wildman–Crippen MR) is 113 cm³/mol. The Labute approximate surface area is 176 Å². The number of benzene rings is 2. The molecule has 0 saturated heterocycles. The molecule has 10 heteroatoms. The van der Waals surface area contributed by atoms with Crippen LogP contribution in [0.15, 0.2) is 63.4 Å². The lowest BCUT2D eigenvalue weighted by molar-refractivity contribution is -0.141.